The molecule has 0 aliphatic carbocycles. The molecule has 2 aromatic rings. The van der Waals surface area contributed by atoms with E-state index < -0.39 is 5.82 Å². The number of rotatable bonds is 6. The lowest BCUT2D eigenvalue weighted by Crippen LogP contribution is -2.24. The summed E-state index contributed by atoms with van der Waals surface area (Å²) in [5.74, 6) is 0.342. The van der Waals surface area contributed by atoms with Crippen LogP contribution in [0.4, 0.5) is 10.2 Å². The van der Waals surface area contributed by atoms with Crippen LogP contribution in [0, 0.1) is 11.2 Å². The first-order chi connectivity index (χ1) is 9.96. The number of nitrogens with zero attached hydrogens (tertiary/aromatic N) is 2. The molecule has 114 valence electrons. The number of nitrogens with one attached hydrogen (secondary N) is 1. The SMILES string of the molecule is COc1cc2c(NCC(C)(C)CCO)ncnc2cc1F. The van der Waals surface area contributed by atoms with Gasteiger partial charge in [0.2, 0.25) is 0 Å². The smallest absolute Gasteiger partial charge is 0.167 e. The number of anilines is 1. The van der Waals surface area contributed by atoms with Crippen molar-refractivity contribution in [2.24, 2.45) is 5.41 Å². The Balaban J connectivity index is 2.31. The number of aliphatic hydroxyl groups excluding tert-OH is 1. The normalized spacial score (nSPS) is 11.7. The van der Waals surface area contributed by atoms with Crippen molar-refractivity contribution in [2.75, 3.05) is 25.6 Å². The molecule has 0 radical (unpaired) electrons. The fraction of sp³-hybridized carbons (Fsp3) is 0.467. The van der Waals surface area contributed by atoms with Crippen molar-refractivity contribution in [2.45, 2.75) is 20.3 Å². The number of benzene rings is 1. The summed E-state index contributed by atoms with van der Waals surface area (Å²) in [6.07, 6.45) is 2.08. The molecule has 1 aromatic heterocycles. The van der Waals surface area contributed by atoms with E-state index in [1.165, 1.54) is 19.5 Å². The minimum absolute atomic E-state index is 0.0733. The Morgan fingerprint density at radius 1 is 1.33 bits per heavy atom. The lowest BCUT2D eigenvalue weighted by molar-refractivity contribution is 0.220. The molecule has 0 spiro atoms. The van der Waals surface area contributed by atoms with E-state index in [0.29, 0.717) is 29.7 Å². The fourth-order valence-electron chi connectivity index (χ4n) is 2.07. The highest BCUT2D eigenvalue weighted by atomic mass is 19.1. The van der Waals surface area contributed by atoms with Crippen molar-refractivity contribution >= 4 is 16.7 Å². The molecule has 0 unspecified atom stereocenters. The van der Waals surface area contributed by atoms with Gasteiger partial charge in [-0.1, -0.05) is 13.8 Å². The van der Waals surface area contributed by atoms with Crippen molar-refractivity contribution in [3.8, 4) is 5.75 Å². The molecule has 5 nitrogen and oxygen atoms in total. The van der Waals surface area contributed by atoms with Gasteiger partial charge in [-0.05, 0) is 17.9 Å². The Labute approximate surface area is 123 Å². The predicted molar refractivity (Wildman–Crippen MR) is 80.0 cm³/mol. The Bertz CT molecular complexity index is 632. The van der Waals surface area contributed by atoms with Crippen molar-refractivity contribution in [3.63, 3.8) is 0 Å². The predicted octanol–water partition coefficient (Wildman–Crippen LogP) is 2.60. The average Bonchev–Trinajstić information content (AvgIpc) is 2.44. The van der Waals surface area contributed by atoms with Crippen LogP contribution in [0.5, 0.6) is 5.75 Å². The second-order valence-electron chi connectivity index (χ2n) is 5.72. The molecule has 6 heteroatoms. The summed E-state index contributed by atoms with van der Waals surface area (Å²) in [5.41, 5.74) is 0.446. The van der Waals surface area contributed by atoms with Crippen molar-refractivity contribution in [1.29, 1.82) is 0 Å². The van der Waals surface area contributed by atoms with Gasteiger partial charge in [-0.3, -0.25) is 0 Å². The lowest BCUT2D eigenvalue weighted by atomic mass is 9.90. The van der Waals surface area contributed by atoms with Crippen LogP contribution in [0.25, 0.3) is 10.9 Å². The van der Waals surface area contributed by atoms with Crippen LogP contribution in [0.1, 0.15) is 20.3 Å². The minimum Gasteiger partial charge on any atom is -0.494 e. The van der Waals surface area contributed by atoms with Gasteiger partial charge >= 0.3 is 0 Å². The van der Waals surface area contributed by atoms with Gasteiger partial charge in [-0.15, -0.1) is 0 Å². The Morgan fingerprint density at radius 3 is 2.76 bits per heavy atom. The molecule has 21 heavy (non-hydrogen) atoms. The van der Waals surface area contributed by atoms with Crippen LogP contribution in [0.15, 0.2) is 18.5 Å². The van der Waals surface area contributed by atoms with Gasteiger partial charge in [0.05, 0.1) is 12.6 Å². The zero-order chi connectivity index (χ0) is 15.5. The molecule has 1 aromatic carbocycles. The first-order valence-corrected chi connectivity index (χ1v) is 6.80. The van der Waals surface area contributed by atoms with E-state index in [0.717, 1.165) is 0 Å². The highest BCUT2D eigenvalue weighted by Crippen LogP contribution is 2.28. The molecule has 0 fully saturated rings. The third-order valence-electron chi connectivity index (χ3n) is 3.43. The number of hydrogen-bond donors (Lipinski definition) is 2. The summed E-state index contributed by atoms with van der Waals surface area (Å²) in [5, 5.41) is 13.0. The Kier molecular flexibility index (Phi) is 4.57. The number of fused-ring (bicyclic) bond motifs is 1. The molecule has 1 heterocycles. The lowest BCUT2D eigenvalue weighted by Gasteiger charge is -2.24. The zero-order valence-electron chi connectivity index (χ0n) is 12.5. The van der Waals surface area contributed by atoms with E-state index in [4.69, 9.17) is 9.84 Å². The summed E-state index contributed by atoms with van der Waals surface area (Å²) in [6.45, 7) is 4.89. The number of aliphatic hydroxyl groups is 1. The molecular formula is C15H20FN3O2. The van der Waals surface area contributed by atoms with Crippen LogP contribution >= 0.6 is 0 Å². The van der Waals surface area contributed by atoms with Gasteiger partial charge in [0.15, 0.2) is 11.6 Å². The van der Waals surface area contributed by atoms with Gasteiger partial charge in [-0.25, -0.2) is 14.4 Å². The van der Waals surface area contributed by atoms with Crippen LogP contribution in [-0.4, -0.2) is 35.3 Å². The maximum absolute atomic E-state index is 13.7. The second-order valence-corrected chi connectivity index (χ2v) is 5.72. The zero-order valence-corrected chi connectivity index (χ0v) is 12.5. The van der Waals surface area contributed by atoms with Gasteiger partial charge in [-0.2, -0.15) is 0 Å². The van der Waals surface area contributed by atoms with Crippen LogP contribution in [-0.2, 0) is 0 Å². The topological polar surface area (TPSA) is 67.3 Å². The third-order valence-corrected chi connectivity index (χ3v) is 3.43. The van der Waals surface area contributed by atoms with Crippen LogP contribution < -0.4 is 10.1 Å². The summed E-state index contributed by atoms with van der Waals surface area (Å²) in [6, 6.07) is 2.92. The third kappa shape index (κ3) is 3.58. The van der Waals surface area contributed by atoms with E-state index in [1.807, 2.05) is 0 Å². The van der Waals surface area contributed by atoms with E-state index in [9.17, 15) is 4.39 Å². The first kappa shape index (κ1) is 15.4. The second kappa shape index (κ2) is 6.22. The highest BCUT2D eigenvalue weighted by Gasteiger charge is 2.18. The Morgan fingerprint density at radius 2 is 2.10 bits per heavy atom. The number of methoxy groups -OCH3 is 1. The average molecular weight is 293 g/mol. The molecule has 2 rings (SSSR count). The van der Waals surface area contributed by atoms with E-state index in [-0.39, 0.29) is 17.8 Å². The monoisotopic (exact) mass is 293 g/mol. The molecular weight excluding hydrogens is 273 g/mol. The minimum atomic E-state index is -0.449. The molecule has 0 atom stereocenters. The fourth-order valence-corrected chi connectivity index (χ4v) is 2.07. The van der Waals surface area contributed by atoms with E-state index in [2.05, 4.69) is 29.1 Å². The highest BCUT2D eigenvalue weighted by molar-refractivity contribution is 5.90. The van der Waals surface area contributed by atoms with E-state index in [1.54, 1.807) is 6.07 Å². The summed E-state index contributed by atoms with van der Waals surface area (Å²) < 4.78 is 18.7. The van der Waals surface area contributed by atoms with Gasteiger partial charge in [0.1, 0.15) is 12.1 Å². The summed E-state index contributed by atoms with van der Waals surface area (Å²) in [7, 11) is 1.42. The summed E-state index contributed by atoms with van der Waals surface area (Å²) in [4.78, 5) is 8.28. The van der Waals surface area contributed by atoms with Crippen LogP contribution in [0.2, 0.25) is 0 Å². The van der Waals surface area contributed by atoms with Crippen molar-refractivity contribution in [3.05, 3.63) is 24.3 Å². The molecule has 0 amide bonds. The van der Waals surface area contributed by atoms with Gasteiger partial charge < -0.3 is 15.2 Å². The van der Waals surface area contributed by atoms with Gasteiger partial charge in [0.25, 0.3) is 0 Å². The van der Waals surface area contributed by atoms with Gasteiger partial charge in [0, 0.05) is 24.6 Å². The molecule has 0 aliphatic rings. The molecule has 0 saturated heterocycles. The Hall–Kier alpha value is -1.95. The number of ether oxygens (including phenoxy) is 1. The van der Waals surface area contributed by atoms with Crippen LogP contribution in [0.3, 0.4) is 0 Å². The van der Waals surface area contributed by atoms with Crippen molar-refractivity contribution < 1.29 is 14.2 Å². The molecule has 0 aliphatic heterocycles. The quantitative estimate of drug-likeness (QED) is 0.857. The maximum Gasteiger partial charge on any atom is 0.167 e. The largest absolute Gasteiger partial charge is 0.494 e. The number of halogens is 1. The van der Waals surface area contributed by atoms with E-state index >= 15 is 0 Å². The molecule has 2 N–H and O–H groups in total. The number of hydrogen-bond acceptors (Lipinski definition) is 5. The standard InChI is InChI=1S/C15H20FN3O2/c1-15(2,4-5-20)8-17-14-10-6-13(21-3)11(16)7-12(10)18-9-19-14/h6-7,9,20H,4-5,8H2,1-3H3,(H,17,18,19). The first-order valence-electron chi connectivity index (χ1n) is 6.80. The maximum atomic E-state index is 13.7. The molecule has 0 bridgehead atoms. The molecule has 0 saturated carbocycles. The summed E-state index contributed by atoms with van der Waals surface area (Å²) >= 11 is 0. The number of aromatic nitrogens is 2. The van der Waals surface area contributed by atoms with Crippen molar-refractivity contribution in [1.82, 2.24) is 9.97 Å².